The second-order valence-corrected chi connectivity index (χ2v) is 11.3. The Hall–Kier alpha value is -4.92. The fourth-order valence-electron chi connectivity index (χ4n) is 6.15. The average Bonchev–Trinajstić information content (AvgIpc) is 3.68. The number of nitrogens with zero attached hydrogens (tertiary/aromatic N) is 1. The number of H-pyrrole nitrogens is 1. The monoisotopic (exact) mass is 577 g/mol. The van der Waals surface area contributed by atoms with E-state index in [0.717, 1.165) is 27.6 Å². The minimum atomic E-state index is -0.984. The van der Waals surface area contributed by atoms with Gasteiger partial charge in [-0.2, -0.15) is 0 Å². The molecule has 0 bridgehead atoms. The summed E-state index contributed by atoms with van der Waals surface area (Å²) in [5.41, 5.74) is 3.53. The molecule has 2 aliphatic rings. The van der Waals surface area contributed by atoms with Gasteiger partial charge in [0.25, 0.3) is 0 Å². The predicted octanol–water partition coefficient (Wildman–Crippen LogP) is 2.65. The number of hydrogen-bond acceptors (Lipinski definition) is 4. The molecule has 4 aromatic rings. The third kappa shape index (κ3) is 6.30. The van der Waals surface area contributed by atoms with Crippen LogP contribution >= 0.6 is 0 Å². The van der Waals surface area contributed by atoms with Crippen molar-refractivity contribution < 1.29 is 19.2 Å². The number of benzene rings is 3. The highest BCUT2D eigenvalue weighted by molar-refractivity contribution is 5.98. The van der Waals surface area contributed by atoms with Gasteiger partial charge in [0.2, 0.25) is 23.6 Å². The van der Waals surface area contributed by atoms with Gasteiger partial charge in [-0.1, -0.05) is 78.9 Å². The van der Waals surface area contributed by atoms with Crippen molar-refractivity contribution in [2.45, 2.75) is 56.3 Å². The Bertz CT molecular complexity index is 1620. The molecule has 9 heteroatoms. The summed E-state index contributed by atoms with van der Waals surface area (Å²) in [4.78, 5) is 60.3. The molecule has 2 fully saturated rings. The van der Waals surface area contributed by atoms with Crippen molar-refractivity contribution in [1.82, 2.24) is 25.8 Å². The van der Waals surface area contributed by atoms with E-state index >= 15 is 0 Å². The first-order valence-corrected chi connectivity index (χ1v) is 14.8. The molecule has 220 valence electrons. The summed E-state index contributed by atoms with van der Waals surface area (Å²) in [6.07, 6.45) is 3.70. The maximum absolute atomic E-state index is 14.0. The molecule has 1 unspecified atom stereocenters. The summed E-state index contributed by atoms with van der Waals surface area (Å²) in [5.74, 6) is -1.56. The quantitative estimate of drug-likeness (QED) is 0.281. The zero-order valence-corrected chi connectivity index (χ0v) is 23.8. The van der Waals surface area contributed by atoms with Crippen molar-refractivity contribution >= 4 is 34.5 Å². The third-order valence-electron chi connectivity index (χ3n) is 8.38. The van der Waals surface area contributed by atoms with Gasteiger partial charge in [-0.3, -0.25) is 19.2 Å². The number of rotatable bonds is 6. The predicted molar refractivity (Wildman–Crippen MR) is 163 cm³/mol. The molecular weight excluding hydrogens is 542 g/mol. The van der Waals surface area contributed by atoms with E-state index in [9.17, 15) is 19.2 Å². The first kappa shape index (κ1) is 28.2. The number of carbonyl (C=O) groups is 4. The maximum Gasteiger partial charge on any atom is 0.246 e. The standard InChI is InChI=1S/C34H35N5O4/c40-31-27(18-22-10-3-1-4-11-22)37-33(42)30-16-9-17-39(30)34(43)29(19-23-12-5-2-6-13-23)38-32(41)28(36-31)20-24-21-35-26-15-8-7-14-25(24)26/h1-8,10-15,21,27-30,35H,9,16-20H2,(H,36,40)(H,37,42)(H,38,41)/t27-,28+,29+,30?/m0/s1. The lowest BCUT2D eigenvalue weighted by molar-refractivity contribution is -0.143. The molecule has 0 saturated carbocycles. The molecular formula is C34H35N5O4. The Balaban J connectivity index is 1.36. The normalized spacial score (nSPS) is 23.1. The lowest BCUT2D eigenvalue weighted by Crippen LogP contribution is -2.62. The summed E-state index contributed by atoms with van der Waals surface area (Å²) >= 11 is 0. The maximum atomic E-state index is 14.0. The second-order valence-electron chi connectivity index (χ2n) is 11.3. The van der Waals surface area contributed by atoms with Gasteiger partial charge in [-0.15, -0.1) is 0 Å². The summed E-state index contributed by atoms with van der Waals surface area (Å²) in [5, 5.41) is 9.78. The van der Waals surface area contributed by atoms with Crippen LogP contribution in [0.15, 0.2) is 91.1 Å². The van der Waals surface area contributed by atoms with Crippen molar-refractivity contribution in [3.63, 3.8) is 0 Å². The SMILES string of the molecule is O=C1N[C@@H](Cc2ccccc2)C(=O)N[C@H](Cc2c[nH]c3ccccc23)C(=O)N[C@H](Cc2ccccc2)C(=O)N2CCCC12. The molecule has 0 spiro atoms. The van der Waals surface area contributed by atoms with Crippen LogP contribution in [0.5, 0.6) is 0 Å². The average molecular weight is 578 g/mol. The van der Waals surface area contributed by atoms with Gasteiger partial charge in [-0.05, 0) is 35.6 Å². The lowest BCUT2D eigenvalue weighted by atomic mass is 9.99. The van der Waals surface area contributed by atoms with Crippen LogP contribution < -0.4 is 16.0 Å². The van der Waals surface area contributed by atoms with Gasteiger partial charge in [0.1, 0.15) is 24.2 Å². The molecule has 2 saturated heterocycles. The van der Waals surface area contributed by atoms with E-state index in [2.05, 4.69) is 20.9 Å². The molecule has 2 aliphatic heterocycles. The van der Waals surface area contributed by atoms with Crippen LogP contribution in [-0.2, 0) is 38.4 Å². The lowest BCUT2D eigenvalue weighted by Gasteiger charge is -2.32. The Kier molecular flexibility index (Phi) is 8.22. The zero-order valence-electron chi connectivity index (χ0n) is 23.8. The van der Waals surface area contributed by atoms with Crippen LogP contribution in [0.2, 0.25) is 0 Å². The number of aromatic nitrogens is 1. The molecule has 6 rings (SSSR count). The highest BCUT2D eigenvalue weighted by atomic mass is 16.2. The minimum Gasteiger partial charge on any atom is -0.361 e. The summed E-state index contributed by atoms with van der Waals surface area (Å²) in [6, 6.07) is 23.1. The number of carbonyl (C=O) groups excluding carboxylic acids is 4. The molecule has 0 radical (unpaired) electrons. The van der Waals surface area contributed by atoms with Crippen LogP contribution in [-0.4, -0.2) is 64.2 Å². The largest absolute Gasteiger partial charge is 0.361 e. The molecule has 3 heterocycles. The van der Waals surface area contributed by atoms with Crippen LogP contribution in [0.3, 0.4) is 0 Å². The van der Waals surface area contributed by atoms with Gasteiger partial charge in [0.05, 0.1) is 0 Å². The molecule has 0 aliphatic carbocycles. The second kappa shape index (κ2) is 12.5. The number of aromatic amines is 1. The van der Waals surface area contributed by atoms with E-state index in [1.807, 2.05) is 91.1 Å². The van der Waals surface area contributed by atoms with Crippen molar-refractivity contribution in [3.8, 4) is 0 Å². The van der Waals surface area contributed by atoms with Gasteiger partial charge in [-0.25, -0.2) is 0 Å². The molecule has 43 heavy (non-hydrogen) atoms. The first-order valence-electron chi connectivity index (χ1n) is 14.8. The van der Waals surface area contributed by atoms with Gasteiger partial charge in [0, 0.05) is 42.9 Å². The number of hydrogen-bond donors (Lipinski definition) is 4. The summed E-state index contributed by atoms with van der Waals surface area (Å²) < 4.78 is 0. The molecule has 4 N–H and O–H groups in total. The van der Waals surface area contributed by atoms with Crippen molar-refractivity contribution in [1.29, 1.82) is 0 Å². The number of fused-ring (bicyclic) bond motifs is 2. The molecule has 1 aromatic heterocycles. The number of amides is 4. The Morgan fingerprint density at radius 1 is 0.628 bits per heavy atom. The molecule has 4 atom stereocenters. The highest BCUT2D eigenvalue weighted by Crippen LogP contribution is 2.22. The van der Waals surface area contributed by atoms with E-state index in [1.54, 1.807) is 4.90 Å². The number of nitrogens with one attached hydrogen (secondary N) is 4. The van der Waals surface area contributed by atoms with Crippen LogP contribution in [0.1, 0.15) is 29.5 Å². The van der Waals surface area contributed by atoms with Crippen molar-refractivity contribution in [2.75, 3.05) is 6.54 Å². The number of para-hydroxylation sites is 1. The highest BCUT2D eigenvalue weighted by Gasteiger charge is 2.40. The van der Waals surface area contributed by atoms with Gasteiger partial charge in [0.15, 0.2) is 0 Å². The van der Waals surface area contributed by atoms with Crippen LogP contribution in [0.25, 0.3) is 10.9 Å². The molecule has 9 nitrogen and oxygen atoms in total. The van der Waals surface area contributed by atoms with E-state index < -0.39 is 36.0 Å². The third-order valence-corrected chi connectivity index (χ3v) is 8.38. The fraction of sp³-hybridized carbons (Fsp3) is 0.294. The Labute approximate surface area is 250 Å². The fourth-order valence-corrected chi connectivity index (χ4v) is 6.15. The van der Waals surface area contributed by atoms with Gasteiger partial charge < -0.3 is 25.8 Å². The summed E-state index contributed by atoms with van der Waals surface area (Å²) in [6.45, 7) is 0.409. The van der Waals surface area contributed by atoms with E-state index in [1.165, 1.54) is 0 Å². The minimum absolute atomic E-state index is 0.201. The molecule has 4 amide bonds. The topological polar surface area (TPSA) is 123 Å². The van der Waals surface area contributed by atoms with Gasteiger partial charge >= 0.3 is 0 Å². The van der Waals surface area contributed by atoms with Crippen molar-refractivity contribution in [2.24, 2.45) is 0 Å². The summed E-state index contributed by atoms with van der Waals surface area (Å²) in [7, 11) is 0. The Morgan fingerprint density at radius 3 is 1.88 bits per heavy atom. The first-order chi connectivity index (χ1) is 21.0. The van der Waals surface area contributed by atoms with Crippen LogP contribution in [0.4, 0.5) is 0 Å². The van der Waals surface area contributed by atoms with E-state index in [-0.39, 0.29) is 31.1 Å². The van der Waals surface area contributed by atoms with E-state index in [4.69, 9.17) is 0 Å². The van der Waals surface area contributed by atoms with Crippen molar-refractivity contribution in [3.05, 3.63) is 108 Å². The smallest absolute Gasteiger partial charge is 0.246 e. The van der Waals surface area contributed by atoms with Crippen LogP contribution in [0, 0.1) is 0 Å². The van der Waals surface area contributed by atoms with E-state index in [0.29, 0.717) is 19.4 Å². The zero-order chi connectivity index (χ0) is 29.8. The Morgan fingerprint density at radius 2 is 1.19 bits per heavy atom. The molecule has 3 aromatic carbocycles.